The van der Waals surface area contributed by atoms with E-state index in [1.807, 2.05) is 0 Å². The van der Waals surface area contributed by atoms with Crippen LogP contribution in [0.4, 0.5) is 0 Å². The number of carbonyl (C=O) groups is 2. The molecule has 0 heterocycles. The first-order valence-corrected chi connectivity index (χ1v) is 8.84. The topological polar surface area (TPSA) is 92.3 Å². The van der Waals surface area contributed by atoms with Gasteiger partial charge in [0.25, 0.3) is 5.91 Å². The number of methoxy groups -OCH3 is 4. The molecule has 0 aromatic heterocycles. The molecule has 0 saturated carbocycles. The van der Waals surface area contributed by atoms with Crippen molar-refractivity contribution in [1.82, 2.24) is 5.32 Å². The number of esters is 1. The van der Waals surface area contributed by atoms with Crippen LogP contribution in [-0.4, -0.2) is 46.9 Å². The molecule has 8 nitrogen and oxygen atoms in total. The summed E-state index contributed by atoms with van der Waals surface area (Å²) in [7, 11) is 6.12. The Morgan fingerprint density at radius 1 is 0.828 bits per heavy atom. The van der Waals surface area contributed by atoms with Crippen LogP contribution < -0.4 is 24.3 Å². The molecule has 0 bridgehead atoms. The lowest BCUT2D eigenvalue weighted by Crippen LogP contribution is -2.28. The molecule has 8 heteroatoms. The second-order valence-corrected chi connectivity index (χ2v) is 6.00. The lowest BCUT2D eigenvalue weighted by Gasteiger charge is -2.14. The molecule has 0 saturated heterocycles. The lowest BCUT2D eigenvalue weighted by atomic mass is 10.1. The number of amides is 1. The van der Waals surface area contributed by atoms with Gasteiger partial charge >= 0.3 is 5.97 Å². The summed E-state index contributed by atoms with van der Waals surface area (Å²) >= 11 is 0. The van der Waals surface area contributed by atoms with Crippen molar-refractivity contribution < 1.29 is 33.3 Å². The molecular weight excluding hydrogens is 378 g/mol. The standard InChI is InChI=1S/C21H25NO7/c1-25-16-7-5-14(6-8-16)11-20(24)29-13-19(23)22-12-15-9-17(26-2)21(28-4)18(10-15)27-3/h5-10H,11-13H2,1-4H3,(H,22,23). The maximum atomic E-state index is 12.0. The summed E-state index contributed by atoms with van der Waals surface area (Å²) in [4.78, 5) is 23.9. The fourth-order valence-corrected chi connectivity index (χ4v) is 2.60. The molecule has 0 spiro atoms. The van der Waals surface area contributed by atoms with Crippen molar-refractivity contribution in [3.63, 3.8) is 0 Å². The van der Waals surface area contributed by atoms with Gasteiger partial charge in [0.05, 0.1) is 34.9 Å². The van der Waals surface area contributed by atoms with Crippen molar-refractivity contribution in [3.05, 3.63) is 47.5 Å². The molecule has 1 N–H and O–H groups in total. The van der Waals surface area contributed by atoms with Crippen LogP contribution >= 0.6 is 0 Å². The van der Waals surface area contributed by atoms with E-state index in [2.05, 4.69) is 5.32 Å². The van der Waals surface area contributed by atoms with Crippen LogP contribution in [-0.2, 0) is 27.3 Å². The summed E-state index contributed by atoms with van der Waals surface area (Å²) in [5.74, 6) is 1.25. The average molecular weight is 403 g/mol. The largest absolute Gasteiger partial charge is 0.497 e. The van der Waals surface area contributed by atoms with Crippen LogP contribution in [0.15, 0.2) is 36.4 Å². The van der Waals surface area contributed by atoms with E-state index in [1.54, 1.807) is 43.5 Å². The first-order valence-electron chi connectivity index (χ1n) is 8.84. The van der Waals surface area contributed by atoms with Crippen molar-refractivity contribution >= 4 is 11.9 Å². The first kappa shape index (κ1) is 21.9. The fourth-order valence-electron chi connectivity index (χ4n) is 2.60. The Morgan fingerprint density at radius 2 is 1.45 bits per heavy atom. The van der Waals surface area contributed by atoms with Crippen molar-refractivity contribution in [2.24, 2.45) is 0 Å². The maximum absolute atomic E-state index is 12.0. The summed E-state index contributed by atoms with van der Waals surface area (Å²) in [6.45, 7) is -0.148. The third-order valence-electron chi connectivity index (χ3n) is 4.09. The molecule has 2 rings (SSSR count). The van der Waals surface area contributed by atoms with Gasteiger partial charge in [0.1, 0.15) is 5.75 Å². The summed E-state index contributed by atoms with van der Waals surface area (Å²) < 4.78 is 25.9. The minimum atomic E-state index is -0.488. The second kappa shape index (κ2) is 10.8. The molecule has 0 unspecified atom stereocenters. The molecule has 2 aromatic carbocycles. The van der Waals surface area contributed by atoms with Crippen LogP contribution in [0, 0.1) is 0 Å². The van der Waals surface area contributed by atoms with Crippen LogP contribution in [0.5, 0.6) is 23.0 Å². The quantitative estimate of drug-likeness (QED) is 0.608. The Bertz CT molecular complexity index is 808. The predicted octanol–water partition coefficient (Wildman–Crippen LogP) is 2.12. The third kappa shape index (κ3) is 6.31. The van der Waals surface area contributed by atoms with E-state index in [1.165, 1.54) is 21.3 Å². The highest BCUT2D eigenvalue weighted by atomic mass is 16.5. The van der Waals surface area contributed by atoms with Gasteiger partial charge in [-0.25, -0.2) is 0 Å². The highest BCUT2D eigenvalue weighted by Crippen LogP contribution is 2.38. The Labute approximate surface area is 169 Å². The number of nitrogens with one attached hydrogen (secondary N) is 1. The molecule has 0 aliphatic carbocycles. The smallest absolute Gasteiger partial charge is 0.310 e. The molecule has 1 amide bonds. The SMILES string of the molecule is COc1ccc(CC(=O)OCC(=O)NCc2cc(OC)c(OC)c(OC)c2)cc1. The van der Waals surface area contributed by atoms with Crippen LogP contribution in [0.3, 0.4) is 0 Å². The lowest BCUT2D eigenvalue weighted by molar-refractivity contribution is -0.147. The number of carbonyl (C=O) groups excluding carboxylic acids is 2. The molecule has 0 aliphatic heterocycles. The van der Waals surface area contributed by atoms with E-state index >= 15 is 0 Å². The van der Waals surface area contributed by atoms with E-state index < -0.39 is 11.9 Å². The molecule has 0 fully saturated rings. The highest BCUT2D eigenvalue weighted by molar-refractivity contribution is 5.81. The monoisotopic (exact) mass is 403 g/mol. The number of ether oxygens (including phenoxy) is 5. The minimum absolute atomic E-state index is 0.0736. The number of hydrogen-bond acceptors (Lipinski definition) is 7. The average Bonchev–Trinajstić information content (AvgIpc) is 2.75. The van der Waals surface area contributed by atoms with Crippen LogP contribution in [0.2, 0.25) is 0 Å². The van der Waals surface area contributed by atoms with Gasteiger partial charge in [-0.3, -0.25) is 9.59 Å². The summed E-state index contributed by atoms with van der Waals surface area (Å²) in [6, 6.07) is 10.5. The molecular formula is C21H25NO7. The van der Waals surface area contributed by atoms with Gasteiger partial charge in [-0.1, -0.05) is 12.1 Å². The summed E-state index contributed by atoms with van der Waals surface area (Å²) in [6.07, 6.45) is 0.0736. The number of hydrogen-bond donors (Lipinski definition) is 1. The van der Waals surface area contributed by atoms with Crippen molar-refractivity contribution in [2.45, 2.75) is 13.0 Å². The van der Waals surface area contributed by atoms with E-state index in [0.29, 0.717) is 23.0 Å². The molecule has 156 valence electrons. The molecule has 29 heavy (non-hydrogen) atoms. The Hall–Kier alpha value is -3.42. The zero-order valence-electron chi connectivity index (χ0n) is 16.9. The van der Waals surface area contributed by atoms with Gasteiger partial charge in [-0.05, 0) is 35.4 Å². The van der Waals surface area contributed by atoms with E-state index in [-0.39, 0.29) is 19.6 Å². The minimum Gasteiger partial charge on any atom is -0.497 e. The van der Waals surface area contributed by atoms with Crippen LogP contribution in [0.25, 0.3) is 0 Å². The van der Waals surface area contributed by atoms with Gasteiger partial charge in [-0.2, -0.15) is 0 Å². The Kier molecular flexibility index (Phi) is 8.14. The van der Waals surface area contributed by atoms with Crippen LogP contribution in [0.1, 0.15) is 11.1 Å². The summed E-state index contributed by atoms with van der Waals surface area (Å²) in [5.41, 5.74) is 1.52. The zero-order valence-corrected chi connectivity index (χ0v) is 16.9. The summed E-state index contributed by atoms with van der Waals surface area (Å²) in [5, 5.41) is 2.69. The zero-order chi connectivity index (χ0) is 21.2. The first-order chi connectivity index (χ1) is 14.0. The van der Waals surface area contributed by atoms with Gasteiger partial charge in [0.2, 0.25) is 5.75 Å². The highest BCUT2D eigenvalue weighted by Gasteiger charge is 2.14. The Morgan fingerprint density at radius 3 is 1.97 bits per heavy atom. The van der Waals surface area contributed by atoms with Gasteiger partial charge in [0.15, 0.2) is 18.1 Å². The van der Waals surface area contributed by atoms with E-state index in [4.69, 9.17) is 23.7 Å². The second-order valence-electron chi connectivity index (χ2n) is 6.00. The van der Waals surface area contributed by atoms with E-state index in [9.17, 15) is 9.59 Å². The van der Waals surface area contributed by atoms with Crippen molar-refractivity contribution in [2.75, 3.05) is 35.0 Å². The number of benzene rings is 2. The van der Waals surface area contributed by atoms with Crippen molar-refractivity contribution in [1.29, 1.82) is 0 Å². The normalized spacial score (nSPS) is 10.1. The third-order valence-corrected chi connectivity index (χ3v) is 4.09. The molecule has 0 aliphatic rings. The number of rotatable bonds is 10. The Balaban J connectivity index is 1.84. The predicted molar refractivity (Wildman–Crippen MR) is 106 cm³/mol. The fraction of sp³-hybridized carbons (Fsp3) is 0.333. The van der Waals surface area contributed by atoms with E-state index in [0.717, 1.165) is 11.1 Å². The van der Waals surface area contributed by atoms with Gasteiger partial charge in [-0.15, -0.1) is 0 Å². The van der Waals surface area contributed by atoms with Gasteiger partial charge < -0.3 is 29.0 Å². The maximum Gasteiger partial charge on any atom is 0.310 e. The molecule has 0 atom stereocenters. The van der Waals surface area contributed by atoms with Gasteiger partial charge in [0, 0.05) is 6.54 Å². The van der Waals surface area contributed by atoms with Crippen molar-refractivity contribution in [3.8, 4) is 23.0 Å². The molecule has 0 radical (unpaired) electrons. The molecule has 2 aromatic rings.